The number of ether oxygens (including phenoxy) is 1. The molecule has 2 aromatic heterocycles. The van der Waals surface area contributed by atoms with Crippen molar-refractivity contribution < 1.29 is 9.53 Å². The molecule has 2 saturated heterocycles. The van der Waals surface area contributed by atoms with Crippen LogP contribution in [0.15, 0.2) is 41.6 Å². The fourth-order valence-electron chi connectivity index (χ4n) is 4.29. The van der Waals surface area contributed by atoms with E-state index in [0.29, 0.717) is 24.7 Å². The zero-order valence-electron chi connectivity index (χ0n) is 19.3. The summed E-state index contributed by atoms with van der Waals surface area (Å²) in [7, 11) is 0. The Kier molecular flexibility index (Phi) is 6.68. The zero-order chi connectivity index (χ0) is 23.3. The van der Waals surface area contributed by atoms with Gasteiger partial charge in [-0.25, -0.2) is 9.94 Å². The number of hydrazone groups is 1. The van der Waals surface area contributed by atoms with Crippen LogP contribution in [0.1, 0.15) is 40.7 Å². The number of aromatic nitrogens is 3. The van der Waals surface area contributed by atoms with Crippen LogP contribution in [0.5, 0.6) is 0 Å². The molecule has 178 valence electrons. The van der Waals surface area contributed by atoms with E-state index in [9.17, 15) is 4.79 Å². The number of morpholine rings is 1. The molecule has 5 rings (SSSR count). The van der Waals surface area contributed by atoms with Gasteiger partial charge >= 0.3 is 0 Å². The lowest BCUT2D eigenvalue weighted by Gasteiger charge is -2.28. The van der Waals surface area contributed by atoms with Crippen molar-refractivity contribution in [3.8, 4) is 0 Å². The van der Waals surface area contributed by atoms with E-state index in [-0.39, 0.29) is 12.1 Å². The van der Waals surface area contributed by atoms with Crippen LogP contribution >= 0.6 is 0 Å². The summed E-state index contributed by atoms with van der Waals surface area (Å²) in [4.78, 5) is 19.8. The second kappa shape index (κ2) is 10.2. The molecule has 0 bridgehead atoms. The lowest BCUT2D eigenvalue weighted by atomic mass is 10.1. The number of nitrogens with zero attached hydrogens (tertiary/aromatic N) is 5. The number of amides is 1. The summed E-state index contributed by atoms with van der Waals surface area (Å²) >= 11 is 0. The van der Waals surface area contributed by atoms with Crippen molar-refractivity contribution in [2.45, 2.75) is 32.4 Å². The fourth-order valence-corrected chi connectivity index (χ4v) is 4.29. The first kappa shape index (κ1) is 22.3. The Bertz CT molecular complexity index is 1180. The van der Waals surface area contributed by atoms with Crippen molar-refractivity contribution in [2.24, 2.45) is 5.10 Å². The van der Waals surface area contributed by atoms with E-state index in [4.69, 9.17) is 9.72 Å². The van der Waals surface area contributed by atoms with Crippen molar-refractivity contribution in [3.05, 3.63) is 53.2 Å². The maximum absolute atomic E-state index is 12.9. The van der Waals surface area contributed by atoms with Crippen molar-refractivity contribution >= 4 is 29.4 Å². The molecule has 3 aromatic rings. The number of carbonyl (C=O) groups is 1. The first-order valence-electron chi connectivity index (χ1n) is 11.8. The lowest BCUT2D eigenvalue weighted by molar-refractivity contribution is 0.0921. The van der Waals surface area contributed by atoms with Gasteiger partial charge in [0.15, 0.2) is 5.82 Å². The van der Waals surface area contributed by atoms with E-state index in [1.807, 2.05) is 37.3 Å². The van der Waals surface area contributed by atoms with Gasteiger partial charge in [0.1, 0.15) is 5.52 Å². The predicted octanol–water partition coefficient (Wildman–Crippen LogP) is 2.15. The fraction of sp³-hybridized carbons (Fsp3) is 0.417. The van der Waals surface area contributed by atoms with Gasteiger partial charge in [0.25, 0.3) is 11.9 Å². The third-order valence-corrected chi connectivity index (χ3v) is 6.05. The monoisotopic (exact) mass is 462 g/mol. The van der Waals surface area contributed by atoms with E-state index < -0.39 is 0 Å². The van der Waals surface area contributed by atoms with E-state index in [1.165, 1.54) is 0 Å². The molecule has 4 heterocycles. The molecule has 0 saturated carbocycles. The SMILES string of the molecule is Cc1cccc(/C=N/Nc2nc(N3CCOCC3)c3cc(C(=O)NC4CCCCN4)cn3n2)c1. The maximum Gasteiger partial charge on any atom is 0.263 e. The smallest absolute Gasteiger partial charge is 0.263 e. The largest absolute Gasteiger partial charge is 0.378 e. The number of hydrogen-bond donors (Lipinski definition) is 3. The molecule has 0 aliphatic carbocycles. The predicted molar refractivity (Wildman–Crippen MR) is 132 cm³/mol. The molecule has 2 fully saturated rings. The molecule has 1 amide bonds. The van der Waals surface area contributed by atoms with Gasteiger partial charge in [-0.2, -0.15) is 10.1 Å². The van der Waals surface area contributed by atoms with E-state index in [2.05, 4.69) is 31.2 Å². The highest BCUT2D eigenvalue weighted by Crippen LogP contribution is 2.24. The number of fused-ring (bicyclic) bond motifs is 1. The number of benzene rings is 1. The summed E-state index contributed by atoms with van der Waals surface area (Å²) in [6.45, 7) is 5.67. The Balaban J connectivity index is 1.41. The Labute approximate surface area is 198 Å². The second-order valence-corrected chi connectivity index (χ2v) is 8.68. The molecule has 2 aliphatic rings. The Hall–Kier alpha value is -3.50. The second-order valence-electron chi connectivity index (χ2n) is 8.68. The Morgan fingerprint density at radius 2 is 2.15 bits per heavy atom. The normalized spacial score (nSPS) is 19.0. The zero-order valence-corrected chi connectivity index (χ0v) is 19.3. The van der Waals surface area contributed by atoms with Gasteiger partial charge in [0.2, 0.25) is 0 Å². The van der Waals surface area contributed by atoms with Crippen molar-refractivity contribution in [1.82, 2.24) is 25.2 Å². The number of anilines is 2. The van der Waals surface area contributed by atoms with Crippen molar-refractivity contribution in [2.75, 3.05) is 43.2 Å². The van der Waals surface area contributed by atoms with E-state index >= 15 is 0 Å². The molecular formula is C24H30N8O2. The number of aryl methyl sites for hydroxylation is 1. The van der Waals surface area contributed by atoms with Crippen LogP contribution in [0.4, 0.5) is 11.8 Å². The van der Waals surface area contributed by atoms with Gasteiger partial charge in [-0.1, -0.05) is 29.8 Å². The molecule has 34 heavy (non-hydrogen) atoms. The Morgan fingerprint density at radius 3 is 2.94 bits per heavy atom. The maximum atomic E-state index is 12.9. The van der Waals surface area contributed by atoms with Crippen LogP contribution in [0.3, 0.4) is 0 Å². The topological polar surface area (TPSA) is 108 Å². The van der Waals surface area contributed by atoms with Crippen LogP contribution in [-0.2, 0) is 4.74 Å². The van der Waals surface area contributed by atoms with Gasteiger partial charge in [-0.15, -0.1) is 5.10 Å². The molecule has 10 heteroatoms. The highest BCUT2D eigenvalue weighted by atomic mass is 16.5. The molecule has 0 radical (unpaired) electrons. The molecule has 2 aliphatic heterocycles. The van der Waals surface area contributed by atoms with Crippen LogP contribution < -0.4 is 21.0 Å². The van der Waals surface area contributed by atoms with Crippen molar-refractivity contribution in [3.63, 3.8) is 0 Å². The number of rotatable bonds is 6. The minimum absolute atomic E-state index is 0.00208. The first-order chi connectivity index (χ1) is 16.7. The minimum atomic E-state index is -0.121. The lowest BCUT2D eigenvalue weighted by Crippen LogP contribution is -2.47. The van der Waals surface area contributed by atoms with Crippen LogP contribution in [0.2, 0.25) is 0 Å². The minimum Gasteiger partial charge on any atom is -0.378 e. The molecule has 1 aromatic carbocycles. The molecule has 0 spiro atoms. The van der Waals surface area contributed by atoms with Gasteiger partial charge in [-0.05, 0) is 44.4 Å². The number of piperidine rings is 1. The highest BCUT2D eigenvalue weighted by Gasteiger charge is 2.22. The molecule has 1 unspecified atom stereocenters. The summed E-state index contributed by atoms with van der Waals surface area (Å²) in [5.41, 5.74) is 6.42. The molecule has 10 nitrogen and oxygen atoms in total. The summed E-state index contributed by atoms with van der Waals surface area (Å²) in [6.07, 6.45) is 6.67. The van der Waals surface area contributed by atoms with Crippen LogP contribution in [0.25, 0.3) is 5.52 Å². The number of carbonyl (C=O) groups excluding carboxylic acids is 1. The Morgan fingerprint density at radius 1 is 1.26 bits per heavy atom. The third-order valence-electron chi connectivity index (χ3n) is 6.05. The van der Waals surface area contributed by atoms with E-state index in [1.54, 1.807) is 16.9 Å². The van der Waals surface area contributed by atoms with Crippen molar-refractivity contribution in [1.29, 1.82) is 0 Å². The van der Waals surface area contributed by atoms with Gasteiger partial charge in [-0.3, -0.25) is 10.1 Å². The highest BCUT2D eigenvalue weighted by molar-refractivity contribution is 5.96. The summed E-state index contributed by atoms with van der Waals surface area (Å²) in [5, 5.41) is 15.3. The number of hydrogen-bond acceptors (Lipinski definition) is 8. The quantitative estimate of drug-likeness (QED) is 0.381. The molecule has 1 atom stereocenters. The molecular weight excluding hydrogens is 432 g/mol. The third kappa shape index (κ3) is 5.18. The summed E-state index contributed by atoms with van der Waals surface area (Å²) < 4.78 is 7.21. The van der Waals surface area contributed by atoms with Crippen LogP contribution in [-0.4, -0.2) is 65.7 Å². The average Bonchev–Trinajstić information content (AvgIpc) is 3.29. The van der Waals surface area contributed by atoms with Gasteiger partial charge in [0, 0.05) is 19.3 Å². The number of nitrogens with one attached hydrogen (secondary N) is 3. The molecule has 3 N–H and O–H groups in total. The van der Waals surface area contributed by atoms with Crippen LogP contribution in [0, 0.1) is 6.92 Å². The summed E-state index contributed by atoms with van der Waals surface area (Å²) in [6, 6.07) is 9.92. The summed E-state index contributed by atoms with van der Waals surface area (Å²) in [5.74, 6) is 0.987. The van der Waals surface area contributed by atoms with Gasteiger partial charge < -0.3 is 15.0 Å². The van der Waals surface area contributed by atoms with Gasteiger partial charge in [0.05, 0.1) is 31.2 Å². The standard InChI is InChI=1S/C24H30N8O2/c1-17-5-4-6-18(13-17)15-26-29-24-28-22(31-9-11-34-12-10-31)20-14-19(16-32(20)30-24)23(33)27-21-7-2-3-8-25-21/h4-6,13-16,21,25H,2-3,7-12H2,1H3,(H,27,33)(H,29,30)/b26-15+. The first-order valence-corrected chi connectivity index (χ1v) is 11.8. The average molecular weight is 463 g/mol. The van der Waals surface area contributed by atoms with E-state index in [0.717, 1.165) is 61.4 Å².